The van der Waals surface area contributed by atoms with Gasteiger partial charge in [-0.2, -0.15) is 0 Å². The number of carbonyl (C=O) groups is 3. The SMILES string of the molecule is CC(C)(C)OC(=O)NCC(=O)Nc1ccc(CNC(=O)Cc2cccs2)cc1. The topological polar surface area (TPSA) is 96.5 Å². The van der Waals surface area contributed by atoms with E-state index in [1.54, 1.807) is 44.2 Å². The van der Waals surface area contributed by atoms with Crippen molar-refractivity contribution in [2.24, 2.45) is 0 Å². The van der Waals surface area contributed by atoms with E-state index >= 15 is 0 Å². The molecule has 0 spiro atoms. The monoisotopic (exact) mass is 403 g/mol. The molecule has 1 aromatic carbocycles. The molecule has 2 rings (SSSR count). The van der Waals surface area contributed by atoms with Crippen molar-refractivity contribution in [3.8, 4) is 0 Å². The molecule has 0 aliphatic carbocycles. The van der Waals surface area contributed by atoms with E-state index in [0.717, 1.165) is 10.4 Å². The van der Waals surface area contributed by atoms with Crippen LogP contribution in [0, 0.1) is 0 Å². The van der Waals surface area contributed by atoms with Crippen LogP contribution in [0.25, 0.3) is 0 Å². The average Bonchev–Trinajstić information content (AvgIpc) is 3.11. The Bertz CT molecular complexity index is 796. The third-order valence-electron chi connectivity index (χ3n) is 3.43. The summed E-state index contributed by atoms with van der Waals surface area (Å²) in [5.41, 5.74) is 0.907. The number of ether oxygens (including phenoxy) is 1. The van der Waals surface area contributed by atoms with Crippen molar-refractivity contribution in [2.75, 3.05) is 11.9 Å². The van der Waals surface area contributed by atoms with E-state index in [-0.39, 0.29) is 18.4 Å². The molecule has 0 saturated heterocycles. The third-order valence-corrected chi connectivity index (χ3v) is 4.31. The molecule has 0 bridgehead atoms. The molecule has 28 heavy (non-hydrogen) atoms. The Morgan fingerprint density at radius 3 is 2.32 bits per heavy atom. The Labute approximate surface area is 168 Å². The first-order valence-corrected chi connectivity index (χ1v) is 9.74. The minimum Gasteiger partial charge on any atom is -0.444 e. The van der Waals surface area contributed by atoms with Crippen molar-refractivity contribution in [2.45, 2.75) is 39.3 Å². The highest BCUT2D eigenvalue weighted by molar-refractivity contribution is 7.10. The fourth-order valence-electron chi connectivity index (χ4n) is 2.21. The van der Waals surface area contributed by atoms with Crippen LogP contribution in [0.4, 0.5) is 10.5 Å². The second-order valence-corrected chi connectivity index (χ2v) is 8.17. The number of thiophene rings is 1. The van der Waals surface area contributed by atoms with Gasteiger partial charge in [-0.15, -0.1) is 11.3 Å². The lowest BCUT2D eigenvalue weighted by atomic mass is 10.2. The third kappa shape index (κ3) is 8.22. The number of rotatable bonds is 7. The zero-order valence-electron chi connectivity index (χ0n) is 16.2. The maximum Gasteiger partial charge on any atom is 0.408 e. The van der Waals surface area contributed by atoms with Crippen LogP contribution in [-0.4, -0.2) is 30.1 Å². The summed E-state index contributed by atoms with van der Waals surface area (Å²) in [6.45, 7) is 5.48. The lowest BCUT2D eigenvalue weighted by Gasteiger charge is -2.19. The first-order chi connectivity index (χ1) is 13.2. The highest BCUT2D eigenvalue weighted by Crippen LogP contribution is 2.11. The number of alkyl carbamates (subject to hydrolysis) is 1. The number of carbonyl (C=O) groups excluding carboxylic acids is 3. The van der Waals surface area contributed by atoms with Crippen molar-refractivity contribution in [3.63, 3.8) is 0 Å². The quantitative estimate of drug-likeness (QED) is 0.662. The Balaban J connectivity index is 1.72. The van der Waals surface area contributed by atoms with E-state index in [4.69, 9.17) is 4.74 Å². The van der Waals surface area contributed by atoms with Gasteiger partial charge in [0.2, 0.25) is 11.8 Å². The molecule has 0 aliphatic heterocycles. The van der Waals surface area contributed by atoms with Crippen LogP contribution in [0.1, 0.15) is 31.2 Å². The second kappa shape index (κ2) is 9.89. The van der Waals surface area contributed by atoms with E-state index in [2.05, 4.69) is 16.0 Å². The molecule has 8 heteroatoms. The van der Waals surface area contributed by atoms with Crippen LogP contribution in [0.3, 0.4) is 0 Å². The number of hydrogen-bond donors (Lipinski definition) is 3. The van der Waals surface area contributed by atoms with E-state index in [9.17, 15) is 14.4 Å². The maximum absolute atomic E-state index is 11.9. The van der Waals surface area contributed by atoms with Gasteiger partial charge in [-0.25, -0.2) is 4.79 Å². The van der Waals surface area contributed by atoms with Gasteiger partial charge >= 0.3 is 6.09 Å². The Morgan fingerprint density at radius 2 is 1.71 bits per heavy atom. The van der Waals surface area contributed by atoms with Crippen molar-refractivity contribution in [3.05, 3.63) is 52.2 Å². The van der Waals surface area contributed by atoms with E-state index < -0.39 is 11.7 Å². The summed E-state index contributed by atoms with van der Waals surface area (Å²) in [4.78, 5) is 36.4. The number of benzene rings is 1. The summed E-state index contributed by atoms with van der Waals surface area (Å²) >= 11 is 1.55. The fourth-order valence-corrected chi connectivity index (χ4v) is 2.92. The minimum atomic E-state index is -0.642. The lowest BCUT2D eigenvalue weighted by molar-refractivity contribution is -0.120. The summed E-state index contributed by atoms with van der Waals surface area (Å²) in [7, 11) is 0. The van der Waals surface area contributed by atoms with Gasteiger partial charge < -0.3 is 20.7 Å². The van der Waals surface area contributed by atoms with Crippen LogP contribution in [-0.2, 0) is 27.3 Å². The standard InChI is InChI=1S/C20H25N3O4S/c1-20(2,3)27-19(26)22-13-18(25)23-15-8-6-14(7-9-15)12-21-17(24)11-16-5-4-10-28-16/h4-10H,11-13H2,1-3H3,(H,21,24)(H,22,26)(H,23,25). The highest BCUT2D eigenvalue weighted by atomic mass is 32.1. The molecule has 0 fully saturated rings. The Kier molecular flexibility index (Phi) is 7.57. The van der Waals surface area contributed by atoms with Gasteiger partial charge in [0.1, 0.15) is 12.1 Å². The molecule has 150 valence electrons. The van der Waals surface area contributed by atoms with Gasteiger partial charge in [0.15, 0.2) is 0 Å². The van der Waals surface area contributed by atoms with Gasteiger partial charge in [0.05, 0.1) is 6.42 Å². The minimum absolute atomic E-state index is 0.0342. The van der Waals surface area contributed by atoms with Crippen LogP contribution in [0.5, 0.6) is 0 Å². The van der Waals surface area contributed by atoms with Gasteiger partial charge in [0.25, 0.3) is 0 Å². The predicted octanol–water partition coefficient (Wildman–Crippen LogP) is 3.07. The maximum atomic E-state index is 11.9. The highest BCUT2D eigenvalue weighted by Gasteiger charge is 2.16. The molecule has 1 heterocycles. The summed E-state index contributed by atoms with van der Waals surface area (Å²) < 4.78 is 5.07. The molecule has 2 aromatic rings. The average molecular weight is 404 g/mol. The van der Waals surface area contributed by atoms with Crippen molar-refractivity contribution >= 4 is 34.9 Å². The molecule has 7 nitrogen and oxygen atoms in total. The lowest BCUT2D eigenvalue weighted by Crippen LogP contribution is -2.37. The number of hydrogen-bond acceptors (Lipinski definition) is 5. The summed E-state index contributed by atoms with van der Waals surface area (Å²) in [6, 6.07) is 11.0. The van der Waals surface area contributed by atoms with E-state index in [1.165, 1.54) is 0 Å². The zero-order chi connectivity index (χ0) is 20.6. The smallest absolute Gasteiger partial charge is 0.408 e. The predicted molar refractivity (Wildman–Crippen MR) is 109 cm³/mol. The molecule has 0 radical (unpaired) electrons. The molecule has 0 saturated carbocycles. The van der Waals surface area contributed by atoms with Crippen LogP contribution in [0.15, 0.2) is 41.8 Å². The molecular weight excluding hydrogens is 378 g/mol. The largest absolute Gasteiger partial charge is 0.444 e. The molecule has 0 unspecified atom stereocenters. The summed E-state index contributed by atoms with van der Waals surface area (Å²) in [5.74, 6) is -0.393. The van der Waals surface area contributed by atoms with Gasteiger partial charge in [-0.1, -0.05) is 18.2 Å². The molecule has 3 amide bonds. The van der Waals surface area contributed by atoms with Crippen LogP contribution >= 0.6 is 11.3 Å². The molecular formula is C20H25N3O4S. The van der Waals surface area contributed by atoms with Crippen LogP contribution < -0.4 is 16.0 Å². The van der Waals surface area contributed by atoms with Gasteiger partial charge in [-0.05, 0) is 49.9 Å². The van der Waals surface area contributed by atoms with E-state index in [0.29, 0.717) is 18.7 Å². The molecule has 0 aliphatic rings. The van der Waals surface area contributed by atoms with Gasteiger partial charge in [0, 0.05) is 17.1 Å². The fraction of sp³-hybridized carbons (Fsp3) is 0.350. The molecule has 3 N–H and O–H groups in total. The normalized spacial score (nSPS) is 10.8. The summed E-state index contributed by atoms with van der Waals surface area (Å²) in [5, 5.41) is 9.90. The second-order valence-electron chi connectivity index (χ2n) is 7.13. The number of anilines is 1. The summed E-state index contributed by atoms with van der Waals surface area (Å²) in [6.07, 6.45) is -0.271. The Morgan fingerprint density at radius 1 is 1.00 bits per heavy atom. The number of nitrogens with one attached hydrogen (secondary N) is 3. The first kappa shape index (κ1) is 21.4. The van der Waals surface area contributed by atoms with Crippen molar-refractivity contribution in [1.29, 1.82) is 0 Å². The number of amides is 3. The zero-order valence-corrected chi connectivity index (χ0v) is 17.0. The first-order valence-electron chi connectivity index (χ1n) is 8.86. The van der Waals surface area contributed by atoms with Crippen LogP contribution in [0.2, 0.25) is 0 Å². The Hall–Kier alpha value is -2.87. The molecule has 0 atom stereocenters. The van der Waals surface area contributed by atoms with Crippen molar-refractivity contribution < 1.29 is 19.1 Å². The van der Waals surface area contributed by atoms with E-state index in [1.807, 2.05) is 29.6 Å². The van der Waals surface area contributed by atoms with Gasteiger partial charge in [-0.3, -0.25) is 9.59 Å². The van der Waals surface area contributed by atoms with Crippen molar-refractivity contribution in [1.82, 2.24) is 10.6 Å². The molecule has 1 aromatic heterocycles.